The number of carbonyl (C=O) groups is 1. The molecule has 39 heavy (non-hydrogen) atoms. The number of amides is 1. The number of hydrogen-bond donors (Lipinski definition) is 1. The van der Waals surface area contributed by atoms with Crippen molar-refractivity contribution in [2.24, 2.45) is 0 Å². The minimum atomic E-state index is -0.190. The van der Waals surface area contributed by atoms with Gasteiger partial charge in [0.1, 0.15) is 6.61 Å². The number of carbonyl (C=O) groups excluding carboxylic acids is 1. The highest BCUT2D eigenvalue weighted by atomic mass is 35.5. The molecule has 0 bridgehead atoms. The summed E-state index contributed by atoms with van der Waals surface area (Å²) >= 11 is 0. The van der Waals surface area contributed by atoms with Crippen LogP contribution in [0.3, 0.4) is 0 Å². The fraction of sp³-hybridized carbons (Fsp3) is 0.500. The van der Waals surface area contributed by atoms with Crippen molar-refractivity contribution in [2.45, 2.75) is 63.6 Å². The van der Waals surface area contributed by atoms with Gasteiger partial charge in [0.05, 0.1) is 23.6 Å². The van der Waals surface area contributed by atoms with Crippen molar-refractivity contribution in [1.29, 1.82) is 0 Å². The van der Waals surface area contributed by atoms with Crippen molar-refractivity contribution in [3.05, 3.63) is 58.8 Å². The number of aromatic nitrogens is 4. The summed E-state index contributed by atoms with van der Waals surface area (Å²) in [4.78, 5) is 36.9. The third kappa shape index (κ3) is 5.67. The van der Waals surface area contributed by atoms with Gasteiger partial charge in [-0.05, 0) is 69.2 Å². The Morgan fingerprint density at radius 1 is 0.974 bits per heavy atom. The molecule has 0 unspecified atom stereocenters. The highest BCUT2D eigenvalue weighted by Gasteiger charge is 2.33. The van der Waals surface area contributed by atoms with Gasteiger partial charge in [-0.3, -0.25) is 9.13 Å². The Morgan fingerprint density at radius 2 is 1.77 bits per heavy atom. The molecule has 1 N–H and O–H groups in total. The molecule has 11 heteroatoms. The minimum absolute atomic E-state index is 0. The van der Waals surface area contributed by atoms with Gasteiger partial charge in [0.15, 0.2) is 0 Å². The number of rotatable bonds is 6. The van der Waals surface area contributed by atoms with E-state index in [1.807, 2.05) is 52.9 Å². The average molecular weight is 555 g/mol. The van der Waals surface area contributed by atoms with Crippen LogP contribution >= 0.6 is 12.4 Å². The van der Waals surface area contributed by atoms with Crippen LogP contribution in [0.5, 0.6) is 0 Å². The van der Waals surface area contributed by atoms with Gasteiger partial charge in [0.25, 0.3) is 0 Å². The van der Waals surface area contributed by atoms with Crippen LogP contribution < -0.4 is 11.0 Å². The quantitative estimate of drug-likeness (QED) is 0.483. The molecule has 2 aromatic heterocycles. The summed E-state index contributed by atoms with van der Waals surface area (Å²) < 4.78 is 14.3. The maximum absolute atomic E-state index is 13.7. The second-order valence-electron chi connectivity index (χ2n) is 10.4. The lowest BCUT2D eigenvalue weighted by atomic mass is 9.90. The number of imidazole rings is 1. The number of nitrogens with zero attached hydrogens (tertiary/aromatic N) is 5. The van der Waals surface area contributed by atoms with Crippen LogP contribution in [-0.2, 0) is 9.47 Å². The third-order valence-electron chi connectivity index (χ3n) is 7.94. The second kappa shape index (κ2) is 11.8. The first-order valence-corrected chi connectivity index (χ1v) is 13.6. The molecule has 3 fully saturated rings. The van der Waals surface area contributed by atoms with Crippen LogP contribution in [0.4, 0.5) is 10.7 Å². The molecule has 10 nitrogen and oxygen atoms in total. The molecule has 1 amide bonds. The number of aryl methyl sites for hydroxylation is 1. The topological polar surface area (TPSA) is 104 Å². The van der Waals surface area contributed by atoms with Crippen LogP contribution in [0.1, 0.15) is 50.1 Å². The van der Waals surface area contributed by atoms with Gasteiger partial charge in [-0.25, -0.2) is 19.6 Å². The van der Waals surface area contributed by atoms with Gasteiger partial charge < -0.3 is 19.7 Å². The minimum Gasteiger partial charge on any atom is -0.448 e. The number of hydrogen-bond acceptors (Lipinski definition) is 7. The molecule has 2 aliphatic heterocycles. The van der Waals surface area contributed by atoms with E-state index in [2.05, 4.69) is 10.3 Å². The molecule has 1 aliphatic carbocycles. The van der Waals surface area contributed by atoms with Crippen molar-refractivity contribution in [3.63, 3.8) is 0 Å². The molecule has 4 heterocycles. The predicted molar refractivity (Wildman–Crippen MR) is 150 cm³/mol. The fourth-order valence-electron chi connectivity index (χ4n) is 5.91. The highest BCUT2D eigenvalue weighted by Crippen LogP contribution is 2.29. The van der Waals surface area contributed by atoms with Gasteiger partial charge >= 0.3 is 11.8 Å². The molecule has 3 aliphatic rings. The highest BCUT2D eigenvalue weighted by molar-refractivity contribution is 5.85. The number of halogens is 1. The standard InChI is InChI=1S/C28H34N6O4.ClH/c1-19-3-2-4-23(17-19)34-25(18-33(27(34)35)22-10-14-37-15-11-22)24-9-12-29-26(31-24)30-20-5-7-21(8-6-20)32-13-16-38-28(32)36;/h2-4,9,12,17-18,20-22H,5-8,10-11,13-16H2,1H3,(H,29,30,31);1H. The first-order chi connectivity index (χ1) is 18.6. The van der Waals surface area contributed by atoms with Gasteiger partial charge in [0.2, 0.25) is 5.95 Å². The zero-order valence-electron chi connectivity index (χ0n) is 22.1. The maximum Gasteiger partial charge on any atom is 0.410 e. The van der Waals surface area contributed by atoms with Crippen molar-refractivity contribution in [3.8, 4) is 17.1 Å². The Balaban J connectivity index is 0.00000308. The molecule has 1 saturated carbocycles. The predicted octanol–water partition coefficient (Wildman–Crippen LogP) is 4.35. The molecule has 0 radical (unpaired) electrons. The number of ether oxygens (including phenoxy) is 2. The molecule has 0 spiro atoms. The number of nitrogens with one attached hydrogen (secondary N) is 1. The lowest BCUT2D eigenvalue weighted by Gasteiger charge is -2.33. The first-order valence-electron chi connectivity index (χ1n) is 13.6. The van der Waals surface area contributed by atoms with E-state index in [1.165, 1.54) is 0 Å². The average Bonchev–Trinajstić information content (AvgIpc) is 3.52. The monoisotopic (exact) mass is 554 g/mol. The smallest absolute Gasteiger partial charge is 0.410 e. The lowest BCUT2D eigenvalue weighted by Crippen LogP contribution is -2.41. The summed E-state index contributed by atoms with van der Waals surface area (Å²) in [6.45, 7) is 4.51. The Morgan fingerprint density at radius 3 is 2.49 bits per heavy atom. The summed E-state index contributed by atoms with van der Waals surface area (Å²) in [5.74, 6) is 0.550. The van der Waals surface area contributed by atoms with Crippen LogP contribution in [0, 0.1) is 6.92 Å². The van der Waals surface area contributed by atoms with E-state index in [-0.39, 0.29) is 42.3 Å². The Kier molecular flexibility index (Phi) is 8.23. The molecule has 2 saturated heterocycles. The van der Waals surface area contributed by atoms with Crippen molar-refractivity contribution < 1.29 is 14.3 Å². The Labute approximate surface area is 233 Å². The van der Waals surface area contributed by atoms with Crippen molar-refractivity contribution >= 4 is 24.4 Å². The summed E-state index contributed by atoms with van der Waals surface area (Å²) in [7, 11) is 0. The molecular formula is C28H35ClN6O4. The van der Waals surface area contributed by atoms with Gasteiger partial charge in [-0.1, -0.05) is 12.1 Å². The van der Waals surface area contributed by atoms with E-state index in [9.17, 15) is 9.59 Å². The molecule has 3 aromatic rings. The second-order valence-corrected chi connectivity index (χ2v) is 10.4. The fourth-order valence-corrected chi connectivity index (χ4v) is 5.91. The zero-order chi connectivity index (χ0) is 26.1. The van der Waals surface area contributed by atoms with Gasteiger partial charge in [-0.2, -0.15) is 0 Å². The third-order valence-corrected chi connectivity index (χ3v) is 7.94. The van der Waals surface area contributed by atoms with Crippen molar-refractivity contribution in [2.75, 3.05) is 31.7 Å². The number of anilines is 1. The Hall–Kier alpha value is -3.37. The van der Waals surface area contributed by atoms with E-state index in [4.69, 9.17) is 14.5 Å². The van der Waals surface area contributed by atoms with Crippen molar-refractivity contribution in [1.82, 2.24) is 24.0 Å². The van der Waals surface area contributed by atoms with Crippen LogP contribution in [0.15, 0.2) is 47.5 Å². The summed E-state index contributed by atoms with van der Waals surface area (Å²) in [5.41, 5.74) is 3.28. The number of cyclic esters (lactones) is 1. The van der Waals surface area contributed by atoms with E-state index in [0.29, 0.717) is 38.0 Å². The largest absolute Gasteiger partial charge is 0.448 e. The van der Waals surface area contributed by atoms with Crippen LogP contribution in [0.2, 0.25) is 0 Å². The zero-order valence-corrected chi connectivity index (χ0v) is 22.9. The van der Waals surface area contributed by atoms with Gasteiger partial charge in [-0.15, -0.1) is 12.4 Å². The van der Waals surface area contributed by atoms with E-state index >= 15 is 0 Å². The normalized spacial score (nSPS) is 21.9. The van der Waals surface area contributed by atoms with Gasteiger partial charge in [0, 0.05) is 43.7 Å². The molecule has 6 rings (SSSR count). The summed E-state index contributed by atoms with van der Waals surface area (Å²) in [6.07, 6.45) is 8.81. The van der Waals surface area contributed by atoms with E-state index in [0.717, 1.165) is 55.5 Å². The lowest BCUT2D eigenvalue weighted by molar-refractivity contribution is 0.0686. The van der Waals surface area contributed by atoms with Crippen LogP contribution in [-0.4, -0.2) is 68.5 Å². The SMILES string of the molecule is Cc1cccc(-n2c(-c3ccnc(NC4CCC(N5CCOC5=O)CC4)n3)cn(C3CCOCC3)c2=O)c1.Cl. The maximum atomic E-state index is 13.7. The van der Waals surface area contributed by atoms with Crippen LogP contribution in [0.25, 0.3) is 17.1 Å². The molecule has 1 aromatic carbocycles. The molecular weight excluding hydrogens is 520 g/mol. The summed E-state index contributed by atoms with van der Waals surface area (Å²) in [6, 6.07) is 10.4. The summed E-state index contributed by atoms with van der Waals surface area (Å²) in [5, 5.41) is 3.50. The number of benzene rings is 1. The Bertz CT molecular complexity index is 1360. The van der Waals surface area contributed by atoms with E-state index in [1.54, 1.807) is 10.8 Å². The van der Waals surface area contributed by atoms with E-state index < -0.39 is 0 Å². The first kappa shape index (κ1) is 27.2. The molecule has 0 atom stereocenters. The molecule has 208 valence electrons.